The Balaban J connectivity index is 2.18. The number of carbonyl (C=O) groups is 2. The molecule has 0 saturated carbocycles. The van der Waals surface area contributed by atoms with Crippen LogP contribution in [0.3, 0.4) is 0 Å². The van der Waals surface area contributed by atoms with E-state index in [-0.39, 0.29) is 13.2 Å². The predicted molar refractivity (Wildman–Crippen MR) is 93.0 cm³/mol. The highest BCUT2D eigenvalue weighted by Gasteiger charge is 2.32. The number of carboxylic acids is 1. The van der Waals surface area contributed by atoms with E-state index in [0.29, 0.717) is 12.0 Å². The van der Waals surface area contributed by atoms with E-state index >= 15 is 0 Å². The zero-order chi connectivity index (χ0) is 18.2. The van der Waals surface area contributed by atoms with Crippen LogP contribution in [0.25, 0.3) is 0 Å². The third-order valence-electron chi connectivity index (χ3n) is 3.70. The topological polar surface area (TPSA) is 79.7 Å². The van der Waals surface area contributed by atoms with Gasteiger partial charge in [-0.05, 0) is 25.0 Å². The van der Waals surface area contributed by atoms with Gasteiger partial charge >= 0.3 is 12.1 Å². The Morgan fingerprint density at radius 3 is 2.48 bits per heavy atom. The second-order valence-corrected chi connectivity index (χ2v) is 5.71. The van der Waals surface area contributed by atoms with Gasteiger partial charge in [-0.3, -0.25) is 9.88 Å². The van der Waals surface area contributed by atoms with E-state index in [1.807, 2.05) is 44.2 Å². The Hall–Kier alpha value is -2.89. The zero-order valence-electron chi connectivity index (χ0n) is 14.4. The van der Waals surface area contributed by atoms with E-state index in [1.165, 1.54) is 11.1 Å². The Labute approximate surface area is 147 Å². The Morgan fingerprint density at radius 2 is 1.92 bits per heavy atom. The van der Waals surface area contributed by atoms with Gasteiger partial charge in [0.15, 0.2) is 6.04 Å². The van der Waals surface area contributed by atoms with Gasteiger partial charge in [0.2, 0.25) is 0 Å². The first kappa shape index (κ1) is 18.4. The number of ether oxygens (including phenoxy) is 1. The summed E-state index contributed by atoms with van der Waals surface area (Å²) in [6, 6.07) is 11.5. The predicted octanol–water partition coefficient (Wildman–Crippen LogP) is 3.56. The summed E-state index contributed by atoms with van der Waals surface area (Å²) in [5.74, 6) is -1.12. The molecule has 0 spiro atoms. The van der Waals surface area contributed by atoms with Crippen molar-refractivity contribution in [2.75, 3.05) is 6.54 Å². The van der Waals surface area contributed by atoms with E-state index in [1.54, 1.807) is 12.1 Å². The summed E-state index contributed by atoms with van der Waals surface area (Å²) in [6.45, 7) is 4.07. The number of aryl methyl sites for hydroxylation is 1. The first-order valence-electron chi connectivity index (χ1n) is 8.15. The van der Waals surface area contributed by atoms with Crippen LogP contribution in [-0.2, 0) is 16.1 Å². The van der Waals surface area contributed by atoms with Gasteiger partial charge in [0.25, 0.3) is 0 Å². The molecule has 0 bridgehead atoms. The molecule has 2 rings (SSSR count). The van der Waals surface area contributed by atoms with Crippen LogP contribution in [0.4, 0.5) is 4.79 Å². The Kier molecular flexibility index (Phi) is 6.51. The van der Waals surface area contributed by atoms with Crippen molar-refractivity contribution in [3.05, 3.63) is 65.5 Å². The molecular weight excluding hydrogens is 320 g/mol. The lowest BCUT2D eigenvalue weighted by Gasteiger charge is -2.28. The molecule has 132 valence electrons. The zero-order valence-corrected chi connectivity index (χ0v) is 14.4. The highest BCUT2D eigenvalue weighted by Crippen LogP contribution is 2.22. The van der Waals surface area contributed by atoms with Gasteiger partial charge in [0.1, 0.15) is 6.61 Å². The van der Waals surface area contributed by atoms with Crippen molar-refractivity contribution >= 4 is 12.1 Å². The van der Waals surface area contributed by atoms with Crippen molar-refractivity contribution in [3.8, 4) is 0 Å². The number of rotatable bonds is 7. The lowest BCUT2D eigenvalue weighted by atomic mass is 10.1. The number of aliphatic carboxylic acids is 1. The molecule has 0 aliphatic heterocycles. The molecule has 2 aromatic rings. The van der Waals surface area contributed by atoms with E-state index in [4.69, 9.17) is 4.74 Å². The molecule has 0 aliphatic carbocycles. The third kappa shape index (κ3) is 5.04. The summed E-state index contributed by atoms with van der Waals surface area (Å²) in [5.41, 5.74) is 2.07. The van der Waals surface area contributed by atoms with Crippen molar-refractivity contribution in [3.63, 3.8) is 0 Å². The summed E-state index contributed by atoms with van der Waals surface area (Å²) in [4.78, 5) is 29.7. The number of hydrogen-bond acceptors (Lipinski definition) is 4. The molecule has 6 nitrogen and oxygen atoms in total. The molecule has 1 heterocycles. The molecule has 1 aromatic carbocycles. The summed E-state index contributed by atoms with van der Waals surface area (Å²) in [7, 11) is 0. The van der Waals surface area contributed by atoms with E-state index in [9.17, 15) is 14.7 Å². The summed E-state index contributed by atoms with van der Waals surface area (Å²) >= 11 is 0. The fourth-order valence-corrected chi connectivity index (χ4v) is 2.47. The molecule has 6 heteroatoms. The maximum absolute atomic E-state index is 12.5. The van der Waals surface area contributed by atoms with Gasteiger partial charge in [-0.1, -0.05) is 43.3 Å². The van der Waals surface area contributed by atoms with Gasteiger partial charge in [-0.2, -0.15) is 0 Å². The second kappa shape index (κ2) is 8.82. The minimum absolute atomic E-state index is 0.0956. The number of aromatic nitrogens is 1. The standard InChI is InChI=1S/C19H22N2O4/c1-3-11-21(19(24)25-13-15-7-5-4-6-8-15)17(18(22)23)16-10-9-14(2)20-12-16/h4-10,12,17H,3,11,13H2,1-2H3,(H,22,23). The van der Waals surface area contributed by atoms with Crippen molar-refractivity contribution in [2.24, 2.45) is 0 Å². The lowest BCUT2D eigenvalue weighted by Crippen LogP contribution is -2.40. The number of amides is 1. The van der Waals surface area contributed by atoms with Crippen LogP contribution in [0.15, 0.2) is 48.7 Å². The number of pyridine rings is 1. The fraction of sp³-hybridized carbons (Fsp3) is 0.316. The monoisotopic (exact) mass is 342 g/mol. The van der Waals surface area contributed by atoms with Crippen LogP contribution in [0, 0.1) is 6.92 Å². The average Bonchev–Trinajstić information content (AvgIpc) is 2.61. The smallest absolute Gasteiger partial charge is 0.411 e. The molecule has 1 atom stereocenters. The molecule has 0 fully saturated rings. The Morgan fingerprint density at radius 1 is 1.20 bits per heavy atom. The maximum atomic E-state index is 12.5. The van der Waals surface area contributed by atoms with Crippen molar-refractivity contribution < 1.29 is 19.4 Å². The van der Waals surface area contributed by atoms with Gasteiger partial charge in [-0.25, -0.2) is 9.59 Å². The molecule has 0 radical (unpaired) electrons. The van der Waals surface area contributed by atoms with Gasteiger partial charge < -0.3 is 9.84 Å². The van der Waals surface area contributed by atoms with E-state index in [0.717, 1.165) is 11.3 Å². The van der Waals surface area contributed by atoms with Crippen LogP contribution in [0.2, 0.25) is 0 Å². The van der Waals surface area contributed by atoms with Crippen LogP contribution >= 0.6 is 0 Å². The molecule has 1 amide bonds. The highest BCUT2D eigenvalue weighted by atomic mass is 16.6. The third-order valence-corrected chi connectivity index (χ3v) is 3.70. The van der Waals surface area contributed by atoms with Crippen LogP contribution in [0.5, 0.6) is 0 Å². The summed E-state index contributed by atoms with van der Waals surface area (Å²) in [5, 5.41) is 9.65. The molecule has 1 unspecified atom stereocenters. The molecule has 1 aromatic heterocycles. The van der Waals surface area contributed by atoms with Crippen molar-refractivity contribution in [2.45, 2.75) is 32.9 Å². The van der Waals surface area contributed by atoms with Crippen LogP contribution < -0.4 is 0 Å². The molecular formula is C19H22N2O4. The van der Waals surface area contributed by atoms with Crippen LogP contribution in [-0.4, -0.2) is 33.6 Å². The molecule has 25 heavy (non-hydrogen) atoms. The van der Waals surface area contributed by atoms with E-state index < -0.39 is 18.1 Å². The lowest BCUT2D eigenvalue weighted by molar-refractivity contribution is -0.143. The summed E-state index contributed by atoms with van der Waals surface area (Å²) < 4.78 is 5.32. The number of hydrogen-bond donors (Lipinski definition) is 1. The number of benzene rings is 1. The second-order valence-electron chi connectivity index (χ2n) is 5.71. The minimum atomic E-state index is -1.13. The number of carbonyl (C=O) groups excluding carboxylic acids is 1. The molecule has 0 saturated heterocycles. The normalized spacial score (nSPS) is 11.6. The first-order valence-corrected chi connectivity index (χ1v) is 8.15. The quantitative estimate of drug-likeness (QED) is 0.832. The molecule has 1 N–H and O–H groups in total. The minimum Gasteiger partial charge on any atom is -0.479 e. The SMILES string of the molecule is CCCN(C(=O)OCc1ccccc1)C(C(=O)O)c1ccc(C)nc1. The first-order chi connectivity index (χ1) is 12.0. The van der Waals surface area contributed by atoms with Gasteiger partial charge in [0, 0.05) is 24.0 Å². The number of nitrogens with zero attached hydrogens (tertiary/aromatic N) is 2. The Bertz CT molecular complexity index is 701. The molecule has 0 aliphatic rings. The fourth-order valence-electron chi connectivity index (χ4n) is 2.47. The average molecular weight is 342 g/mol. The number of carboxylic acid groups (broad SMARTS) is 1. The highest BCUT2D eigenvalue weighted by molar-refractivity contribution is 5.81. The van der Waals surface area contributed by atoms with Crippen LogP contribution in [0.1, 0.15) is 36.2 Å². The van der Waals surface area contributed by atoms with Gasteiger partial charge in [-0.15, -0.1) is 0 Å². The van der Waals surface area contributed by atoms with Crippen molar-refractivity contribution in [1.82, 2.24) is 9.88 Å². The maximum Gasteiger partial charge on any atom is 0.411 e. The van der Waals surface area contributed by atoms with Crippen molar-refractivity contribution in [1.29, 1.82) is 0 Å². The summed E-state index contributed by atoms with van der Waals surface area (Å²) in [6.07, 6.45) is 1.45. The van der Waals surface area contributed by atoms with E-state index in [2.05, 4.69) is 4.98 Å². The largest absolute Gasteiger partial charge is 0.479 e. The van der Waals surface area contributed by atoms with Gasteiger partial charge in [0.05, 0.1) is 0 Å².